The Balaban J connectivity index is 1.30. The summed E-state index contributed by atoms with van der Waals surface area (Å²) in [4.78, 5) is 52.1. The fourth-order valence-corrected chi connectivity index (χ4v) is 4.98. The van der Waals surface area contributed by atoms with Gasteiger partial charge < -0.3 is 30.0 Å². The molecule has 39 heavy (non-hydrogen) atoms. The largest absolute Gasteiger partial charge is 0.497 e. The predicted molar refractivity (Wildman–Crippen MR) is 138 cm³/mol. The lowest BCUT2D eigenvalue weighted by atomic mass is 9.98. The van der Waals surface area contributed by atoms with Gasteiger partial charge in [-0.25, -0.2) is 4.79 Å². The van der Waals surface area contributed by atoms with Gasteiger partial charge in [0, 0.05) is 23.1 Å². The molecule has 0 radical (unpaired) electrons. The summed E-state index contributed by atoms with van der Waals surface area (Å²) >= 11 is 0. The van der Waals surface area contributed by atoms with E-state index in [1.54, 1.807) is 49.4 Å². The number of amides is 5. The summed E-state index contributed by atoms with van der Waals surface area (Å²) in [6.07, 6.45) is 0. The van der Waals surface area contributed by atoms with Crippen molar-refractivity contribution < 1.29 is 28.3 Å². The third-order valence-electron chi connectivity index (χ3n) is 7.11. The fourth-order valence-electron chi connectivity index (χ4n) is 4.98. The summed E-state index contributed by atoms with van der Waals surface area (Å²) in [6.45, 7) is 5.55. The van der Waals surface area contributed by atoms with Crippen molar-refractivity contribution in [1.29, 1.82) is 0 Å². The highest BCUT2D eigenvalue weighted by atomic mass is 16.5. The van der Waals surface area contributed by atoms with E-state index in [1.165, 1.54) is 12.0 Å². The maximum absolute atomic E-state index is 13.1. The molecule has 196 valence electrons. The maximum atomic E-state index is 13.1. The Morgan fingerprint density at radius 3 is 2.56 bits per heavy atom. The van der Waals surface area contributed by atoms with Crippen LogP contribution in [-0.2, 0) is 21.7 Å². The van der Waals surface area contributed by atoms with Crippen LogP contribution in [0.15, 0.2) is 59.3 Å². The third-order valence-corrected chi connectivity index (χ3v) is 7.11. The average Bonchev–Trinajstić information content (AvgIpc) is 3.61. The van der Waals surface area contributed by atoms with Gasteiger partial charge in [0.2, 0.25) is 5.54 Å². The molecule has 5 amide bonds. The molecule has 2 fully saturated rings. The quantitative estimate of drug-likeness (QED) is 0.298. The van der Waals surface area contributed by atoms with E-state index in [1.807, 2.05) is 0 Å². The standard InChI is InChI=1S/C28H23N5O6/c1-15-29-24(35)27(2,31-15)22-11-18-10-16(4-7-21(18)39-22)8-9-28(25(36)30-26(37)32-28)14-33-13-17-5-6-19(38-3)12-20(17)23(33)34/h4-7,10-12,31H,1,13-14H2,2-3H3,(H,29,35)(H2,30,32,36,37)/t27?,28-/m1/s1. The van der Waals surface area contributed by atoms with Crippen LogP contribution in [0.3, 0.4) is 0 Å². The van der Waals surface area contributed by atoms with Crippen LogP contribution in [0.25, 0.3) is 11.0 Å². The Morgan fingerprint density at radius 1 is 1.05 bits per heavy atom. The molecule has 11 nitrogen and oxygen atoms in total. The zero-order chi connectivity index (χ0) is 27.5. The molecule has 3 aromatic rings. The first-order chi connectivity index (χ1) is 18.6. The predicted octanol–water partition coefficient (Wildman–Crippen LogP) is 1.43. The maximum Gasteiger partial charge on any atom is 0.323 e. The molecule has 3 aliphatic rings. The van der Waals surface area contributed by atoms with Crippen LogP contribution in [0, 0.1) is 11.8 Å². The van der Waals surface area contributed by atoms with Gasteiger partial charge in [-0.1, -0.05) is 24.5 Å². The van der Waals surface area contributed by atoms with Crippen LogP contribution in [0.4, 0.5) is 4.79 Å². The summed E-state index contributed by atoms with van der Waals surface area (Å²) in [7, 11) is 1.52. The van der Waals surface area contributed by atoms with Crippen molar-refractivity contribution in [1.82, 2.24) is 26.2 Å². The highest BCUT2D eigenvalue weighted by Crippen LogP contribution is 2.32. The third kappa shape index (κ3) is 3.85. The number of carbonyl (C=O) groups is 4. The van der Waals surface area contributed by atoms with Gasteiger partial charge in [-0.05, 0) is 48.9 Å². The van der Waals surface area contributed by atoms with Crippen LogP contribution >= 0.6 is 0 Å². The topological polar surface area (TPSA) is 142 Å². The highest BCUT2D eigenvalue weighted by Gasteiger charge is 2.48. The van der Waals surface area contributed by atoms with Crippen molar-refractivity contribution in [2.75, 3.05) is 13.7 Å². The van der Waals surface area contributed by atoms with Gasteiger partial charge in [0.05, 0.1) is 19.5 Å². The number of hydrogen-bond acceptors (Lipinski definition) is 7. The summed E-state index contributed by atoms with van der Waals surface area (Å²) in [5.74, 6) is 6.00. The summed E-state index contributed by atoms with van der Waals surface area (Å²) in [5.41, 5.74) is -0.399. The van der Waals surface area contributed by atoms with E-state index in [0.29, 0.717) is 39.4 Å². The molecule has 6 rings (SSSR count). The van der Waals surface area contributed by atoms with Gasteiger partial charge in [-0.3, -0.25) is 19.7 Å². The van der Waals surface area contributed by atoms with E-state index in [4.69, 9.17) is 9.15 Å². The van der Waals surface area contributed by atoms with E-state index < -0.39 is 23.0 Å². The molecule has 0 saturated carbocycles. The Bertz CT molecular complexity index is 1700. The lowest BCUT2D eigenvalue weighted by molar-refractivity contribution is -0.124. The molecular formula is C28H23N5O6. The van der Waals surface area contributed by atoms with Crippen LogP contribution in [0.1, 0.15) is 34.2 Å². The minimum absolute atomic E-state index is 0.144. The molecule has 3 aliphatic heterocycles. The normalized spacial score (nSPS) is 23.6. The SMILES string of the molecule is C=C1NC(=O)C(C)(c2cc3cc(C#C[C@]4(CN5Cc6ccc(OC)cc6C5=O)NC(=O)NC4=O)ccc3o2)N1. The van der Waals surface area contributed by atoms with E-state index >= 15 is 0 Å². The zero-order valence-corrected chi connectivity index (χ0v) is 21.1. The fraction of sp³-hybridized carbons (Fsp3) is 0.214. The first-order valence-electron chi connectivity index (χ1n) is 12.1. The Kier molecular flexibility index (Phi) is 5.19. The second-order valence-electron chi connectivity index (χ2n) is 9.79. The number of carbonyl (C=O) groups excluding carboxylic acids is 4. The van der Waals surface area contributed by atoms with E-state index in [0.717, 1.165) is 5.56 Å². The average molecular weight is 526 g/mol. The van der Waals surface area contributed by atoms with Gasteiger partial charge in [-0.15, -0.1) is 0 Å². The van der Waals surface area contributed by atoms with Gasteiger partial charge in [0.25, 0.3) is 17.7 Å². The number of ether oxygens (including phenoxy) is 1. The number of methoxy groups -OCH3 is 1. The monoisotopic (exact) mass is 525 g/mol. The number of imide groups is 1. The van der Waals surface area contributed by atoms with Gasteiger partial charge in [-0.2, -0.15) is 0 Å². The van der Waals surface area contributed by atoms with Gasteiger partial charge in [0.15, 0.2) is 5.54 Å². The number of nitrogens with one attached hydrogen (secondary N) is 4. The Hall–Kier alpha value is -5.24. The lowest BCUT2D eigenvalue weighted by Gasteiger charge is -2.26. The molecule has 0 bridgehead atoms. The molecule has 0 spiro atoms. The molecule has 1 aromatic heterocycles. The van der Waals surface area contributed by atoms with Crippen molar-refractivity contribution >= 4 is 34.7 Å². The smallest absolute Gasteiger partial charge is 0.323 e. The summed E-state index contributed by atoms with van der Waals surface area (Å²) < 4.78 is 11.1. The van der Waals surface area contributed by atoms with Crippen LogP contribution in [0.2, 0.25) is 0 Å². The number of hydrogen-bond donors (Lipinski definition) is 4. The molecule has 2 atom stereocenters. The molecule has 2 aromatic carbocycles. The van der Waals surface area contributed by atoms with Crippen molar-refractivity contribution in [2.24, 2.45) is 0 Å². The van der Waals surface area contributed by atoms with Crippen LogP contribution in [0.5, 0.6) is 5.75 Å². The van der Waals surface area contributed by atoms with Crippen molar-refractivity contribution in [3.8, 4) is 17.6 Å². The number of benzene rings is 2. The van der Waals surface area contributed by atoms with E-state index in [2.05, 4.69) is 39.7 Å². The van der Waals surface area contributed by atoms with Crippen molar-refractivity contribution in [2.45, 2.75) is 24.5 Å². The van der Waals surface area contributed by atoms with Crippen molar-refractivity contribution in [3.05, 3.63) is 77.3 Å². The first-order valence-corrected chi connectivity index (χ1v) is 12.1. The highest BCUT2D eigenvalue weighted by molar-refractivity contribution is 6.10. The first kappa shape index (κ1) is 24.1. The minimum Gasteiger partial charge on any atom is -0.497 e. The summed E-state index contributed by atoms with van der Waals surface area (Å²) in [6, 6.07) is 11.4. The molecule has 4 heterocycles. The van der Waals surface area contributed by atoms with Crippen LogP contribution in [-0.4, -0.2) is 47.8 Å². The number of furan rings is 1. The molecule has 4 N–H and O–H groups in total. The van der Waals surface area contributed by atoms with E-state index in [-0.39, 0.29) is 24.9 Å². The molecular weight excluding hydrogens is 502 g/mol. The number of rotatable bonds is 4. The van der Waals surface area contributed by atoms with E-state index in [9.17, 15) is 19.2 Å². The number of urea groups is 1. The molecule has 1 unspecified atom stereocenters. The van der Waals surface area contributed by atoms with Gasteiger partial charge in [0.1, 0.15) is 17.1 Å². The molecule has 0 aliphatic carbocycles. The number of nitrogens with zero attached hydrogens (tertiary/aromatic N) is 1. The number of fused-ring (bicyclic) bond motifs is 2. The zero-order valence-electron chi connectivity index (χ0n) is 21.1. The Morgan fingerprint density at radius 2 is 1.87 bits per heavy atom. The molecule has 2 saturated heterocycles. The molecule has 11 heteroatoms. The Labute approximate surface area is 222 Å². The minimum atomic E-state index is -1.64. The second kappa shape index (κ2) is 8.39. The summed E-state index contributed by atoms with van der Waals surface area (Å²) in [5, 5.41) is 11.2. The van der Waals surface area contributed by atoms with Gasteiger partial charge >= 0.3 is 6.03 Å². The van der Waals surface area contributed by atoms with Crippen LogP contribution < -0.4 is 26.0 Å². The van der Waals surface area contributed by atoms with Crippen molar-refractivity contribution in [3.63, 3.8) is 0 Å². The lowest BCUT2D eigenvalue weighted by Crippen LogP contribution is -2.54. The second-order valence-corrected chi connectivity index (χ2v) is 9.79.